The first-order chi connectivity index (χ1) is 7.33. The molecule has 0 aliphatic carbocycles. The molecule has 1 aromatic rings. The highest BCUT2D eigenvalue weighted by atomic mass is 32.1. The molecule has 4 nitrogen and oxygen atoms in total. The van der Waals surface area contributed by atoms with Crippen LogP contribution in [0.1, 0.15) is 10.9 Å². The van der Waals surface area contributed by atoms with E-state index in [9.17, 15) is 4.79 Å². The lowest BCUT2D eigenvalue weighted by atomic mass is 10.2. The summed E-state index contributed by atoms with van der Waals surface area (Å²) in [5.74, 6) is 0.00111. The van der Waals surface area contributed by atoms with E-state index in [0.717, 1.165) is 11.4 Å². The lowest BCUT2D eigenvalue weighted by Gasteiger charge is -2.30. The number of hydrogen-bond acceptors (Lipinski definition) is 4. The normalized spacial score (nSPS) is 18.6. The van der Waals surface area contributed by atoms with Crippen molar-refractivity contribution >= 4 is 17.2 Å². The molecule has 0 bridgehead atoms. The van der Waals surface area contributed by atoms with Gasteiger partial charge in [0.2, 0.25) is 5.91 Å². The fourth-order valence-electron chi connectivity index (χ4n) is 1.63. The van der Waals surface area contributed by atoms with E-state index in [0.29, 0.717) is 13.1 Å². The number of thiophene rings is 1. The quantitative estimate of drug-likeness (QED) is 0.801. The van der Waals surface area contributed by atoms with Gasteiger partial charge < -0.3 is 10.2 Å². The van der Waals surface area contributed by atoms with E-state index < -0.39 is 6.04 Å². The van der Waals surface area contributed by atoms with E-state index in [1.807, 2.05) is 17.5 Å². The summed E-state index contributed by atoms with van der Waals surface area (Å²) in [4.78, 5) is 14.2. The molecule has 1 saturated heterocycles. The number of carbonyl (C=O) groups excluding carboxylic acids is 1. The number of amides is 1. The zero-order valence-electron chi connectivity index (χ0n) is 8.14. The van der Waals surface area contributed by atoms with Crippen molar-refractivity contribution in [3.05, 3.63) is 22.4 Å². The Hall–Kier alpha value is -1.38. The Morgan fingerprint density at radius 3 is 3.13 bits per heavy atom. The number of nitrogens with one attached hydrogen (secondary N) is 1. The number of nitriles is 1. The second kappa shape index (κ2) is 4.43. The molecule has 2 rings (SSSR count). The van der Waals surface area contributed by atoms with Gasteiger partial charge in [0.1, 0.15) is 0 Å². The topological polar surface area (TPSA) is 56.1 Å². The van der Waals surface area contributed by atoms with Crippen molar-refractivity contribution < 1.29 is 4.79 Å². The van der Waals surface area contributed by atoms with E-state index in [2.05, 4.69) is 11.4 Å². The van der Waals surface area contributed by atoms with Crippen LogP contribution in [0.5, 0.6) is 0 Å². The van der Waals surface area contributed by atoms with Crippen LogP contribution >= 0.6 is 11.3 Å². The van der Waals surface area contributed by atoms with Gasteiger partial charge in [0.15, 0.2) is 6.04 Å². The van der Waals surface area contributed by atoms with Gasteiger partial charge in [-0.05, 0) is 11.4 Å². The van der Waals surface area contributed by atoms with Gasteiger partial charge in [-0.3, -0.25) is 4.79 Å². The Morgan fingerprint density at radius 2 is 2.53 bits per heavy atom. The third-order valence-corrected chi connectivity index (χ3v) is 3.30. The lowest BCUT2D eigenvalue weighted by Crippen LogP contribution is -2.49. The fraction of sp³-hybridized carbons (Fsp3) is 0.400. The van der Waals surface area contributed by atoms with Crippen LogP contribution in [0.3, 0.4) is 0 Å². The Kier molecular flexibility index (Phi) is 2.99. The molecule has 0 aromatic carbocycles. The van der Waals surface area contributed by atoms with Crippen LogP contribution in [0.15, 0.2) is 17.5 Å². The Morgan fingerprint density at radius 1 is 1.67 bits per heavy atom. The maximum Gasteiger partial charge on any atom is 0.237 e. The molecule has 1 fully saturated rings. The minimum atomic E-state index is -0.417. The molecule has 0 saturated carbocycles. The van der Waals surface area contributed by atoms with Crippen LogP contribution in [-0.2, 0) is 4.79 Å². The minimum absolute atomic E-state index is 0.00111. The predicted molar refractivity (Wildman–Crippen MR) is 57.3 cm³/mol. The lowest BCUT2D eigenvalue weighted by molar-refractivity contribution is -0.133. The summed E-state index contributed by atoms with van der Waals surface area (Å²) in [7, 11) is 0. The SMILES string of the molecule is N#CC(c1cccs1)N1CCNCC1=O. The summed E-state index contributed by atoms with van der Waals surface area (Å²) >= 11 is 1.51. The fourth-order valence-corrected chi connectivity index (χ4v) is 2.41. The molecule has 1 unspecified atom stereocenters. The van der Waals surface area contributed by atoms with Crippen molar-refractivity contribution in [2.45, 2.75) is 6.04 Å². The molecule has 1 aromatic heterocycles. The van der Waals surface area contributed by atoms with Crippen molar-refractivity contribution in [2.24, 2.45) is 0 Å². The minimum Gasteiger partial charge on any atom is -0.320 e. The molecule has 1 amide bonds. The Balaban J connectivity index is 2.20. The first-order valence-corrected chi connectivity index (χ1v) is 5.64. The van der Waals surface area contributed by atoms with Gasteiger partial charge in [-0.1, -0.05) is 6.07 Å². The second-order valence-corrected chi connectivity index (χ2v) is 4.29. The van der Waals surface area contributed by atoms with Crippen molar-refractivity contribution in [1.29, 1.82) is 5.26 Å². The molecular formula is C10H11N3OS. The van der Waals surface area contributed by atoms with Gasteiger partial charge in [0, 0.05) is 18.0 Å². The molecule has 1 aliphatic heterocycles. The van der Waals surface area contributed by atoms with Crippen LogP contribution < -0.4 is 5.32 Å². The molecule has 1 aliphatic rings. The Labute approximate surface area is 92.1 Å². The van der Waals surface area contributed by atoms with Crippen LogP contribution in [0, 0.1) is 11.3 Å². The van der Waals surface area contributed by atoms with Crippen molar-refractivity contribution in [2.75, 3.05) is 19.6 Å². The highest BCUT2D eigenvalue weighted by molar-refractivity contribution is 7.10. The van der Waals surface area contributed by atoms with Gasteiger partial charge in [-0.25, -0.2) is 0 Å². The first-order valence-electron chi connectivity index (χ1n) is 4.76. The van der Waals surface area contributed by atoms with Crippen LogP contribution in [0.4, 0.5) is 0 Å². The molecule has 15 heavy (non-hydrogen) atoms. The molecule has 2 heterocycles. The Bertz CT molecular complexity index is 382. The largest absolute Gasteiger partial charge is 0.320 e. The van der Waals surface area contributed by atoms with Gasteiger partial charge in [0.05, 0.1) is 12.6 Å². The molecule has 78 valence electrons. The maximum atomic E-state index is 11.6. The van der Waals surface area contributed by atoms with E-state index in [4.69, 9.17) is 5.26 Å². The number of piperazine rings is 1. The standard InChI is InChI=1S/C10H11N3OS/c11-6-8(9-2-1-5-15-9)13-4-3-12-7-10(13)14/h1-2,5,8,12H,3-4,7H2. The predicted octanol–water partition coefficient (Wildman–Crippen LogP) is 0.745. The highest BCUT2D eigenvalue weighted by Gasteiger charge is 2.27. The summed E-state index contributed by atoms with van der Waals surface area (Å²) in [6.45, 7) is 1.70. The number of carbonyl (C=O) groups is 1. The van der Waals surface area contributed by atoms with E-state index in [-0.39, 0.29) is 5.91 Å². The smallest absolute Gasteiger partial charge is 0.237 e. The number of hydrogen-bond donors (Lipinski definition) is 1. The average Bonchev–Trinajstić information content (AvgIpc) is 2.75. The summed E-state index contributed by atoms with van der Waals surface area (Å²) < 4.78 is 0. The van der Waals surface area contributed by atoms with Gasteiger partial charge in [-0.2, -0.15) is 5.26 Å². The summed E-state index contributed by atoms with van der Waals surface area (Å²) in [5, 5.41) is 14.0. The number of nitrogens with zero attached hydrogens (tertiary/aromatic N) is 2. The third kappa shape index (κ3) is 2.01. The zero-order chi connectivity index (χ0) is 10.7. The van der Waals surface area contributed by atoms with Crippen LogP contribution in [0.25, 0.3) is 0 Å². The zero-order valence-corrected chi connectivity index (χ0v) is 8.96. The first kappa shape index (κ1) is 10.1. The summed E-state index contributed by atoms with van der Waals surface area (Å²) in [6.07, 6.45) is 0. The summed E-state index contributed by atoms with van der Waals surface area (Å²) in [5.41, 5.74) is 0. The second-order valence-electron chi connectivity index (χ2n) is 3.31. The van der Waals surface area contributed by atoms with E-state index in [1.54, 1.807) is 4.90 Å². The molecular weight excluding hydrogens is 210 g/mol. The average molecular weight is 221 g/mol. The van der Waals surface area contributed by atoms with E-state index >= 15 is 0 Å². The van der Waals surface area contributed by atoms with E-state index in [1.165, 1.54) is 11.3 Å². The van der Waals surface area contributed by atoms with Crippen molar-refractivity contribution in [3.8, 4) is 6.07 Å². The van der Waals surface area contributed by atoms with Crippen molar-refractivity contribution in [3.63, 3.8) is 0 Å². The molecule has 1 atom stereocenters. The van der Waals surface area contributed by atoms with Crippen LogP contribution in [-0.4, -0.2) is 30.4 Å². The molecule has 5 heteroatoms. The van der Waals surface area contributed by atoms with Gasteiger partial charge >= 0.3 is 0 Å². The van der Waals surface area contributed by atoms with Gasteiger partial charge in [0.25, 0.3) is 0 Å². The number of rotatable bonds is 2. The van der Waals surface area contributed by atoms with Gasteiger partial charge in [-0.15, -0.1) is 11.3 Å². The summed E-state index contributed by atoms with van der Waals surface area (Å²) in [6, 6.07) is 5.57. The molecule has 1 N–H and O–H groups in total. The van der Waals surface area contributed by atoms with Crippen LogP contribution in [0.2, 0.25) is 0 Å². The highest BCUT2D eigenvalue weighted by Crippen LogP contribution is 2.24. The molecule has 0 radical (unpaired) electrons. The molecule has 0 spiro atoms. The third-order valence-electron chi connectivity index (χ3n) is 2.37. The monoisotopic (exact) mass is 221 g/mol. The maximum absolute atomic E-state index is 11.6. The van der Waals surface area contributed by atoms with Crippen molar-refractivity contribution in [1.82, 2.24) is 10.2 Å².